The Hall–Kier alpha value is -9.64. The zero-order chi connectivity index (χ0) is 47.5. The molecule has 2 heterocycles. The van der Waals surface area contributed by atoms with E-state index in [4.69, 9.17) is 8.83 Å². The highest BCUT2D eigenvalue weighted by atomic mass is 16.3. The first-order chi connectivity index (χ1) is 35.7. The largest absolute Gasteiger partial charge is 0.456 e. The number of nitrogens with zero attached hydrogens (tertiary/aromatic N) is 2. The molecule has 0 aliphatic rings. The van der Waals surface area contributed by atoms with Gasteiger partial charge in [-0.25, -0.2) is 0 Å². The summed E-state index contributed by atoms with van der Waals surface area (Å²) in [6, 6.07) is 95.5. The van der Waals surface area contributed by atoms with E-state index in [1.807, 2.05) is 12.1 Å². The second-order valence-electron chi connectivity index (χ2n) is 18.4. The van der Waals surface area contributed by atoms with Crippen LogP contribution in [0, 0.1) is 0 Å². The normalized spacial score (nSPS) is 11.6. The molecule has 4 nitrogen and oxygen atoms in total. The van der Waals surface area contributed by atoms with Crippen LogP contribution in [0.1, 0.15) is 0 Å². The summed E-state index contributed by atoms with van der Waals surface area (Å²) in [4.78, 5) is 4.78. The van der Waals surface area contributed by atoms with Gasteiger partial charge in [0.15, 0.2) is 0 Å². The molecule has 0 unspecified atom stereocenters. The van der Waals surface area contributed by atoms with Gasteiger partial charge in [-0.2, -0.15) is 0 Å². The molecule has 0 bridgehead atoms. The fourth-order valence-electron chi connectivity index (χ4n) is 10.9. The highest BCUT2D eigenvalue weighted by Crippen LogP contribution is 2.48. The second-order valence-corrected chi connectivity index (χ2v) is 18.4. The van der Waals surface area contributed by atoms with Crippen molar-refractivity contribution in [3.63, 3.8) is 0 Å². The van der Waals surface area contributed by atoms with Crippen molar-refractivity contribution in [2.24, 2.45) is 0 Å². The molecule has 0 aliphatic heterocycles. The minimum Gasteiger partial charge on any atom is -0.456 e. The van der Waals surface area contributed by atoms with E-state index in [1.165, 1.54) is 32.7 Å². The molecule has 0 aliphatic carbocycles. The van der Waals surface area contributed by atoms with E-state index < -0.39 is 0 Å². The predicted octanol–water partition coefficient (Wildman–Crippen LogP) is 19.7. The summed E-state index contributed by atoms with van der Waals surface area (Å²) in [7, 11) is 0. The Bertz CT molecular complexity index is 4350. The average molecular weight is 921 g/mol. The Labute approximate surface area is 416 Å². The monoisotopic (exact) mass is 920 g/mol. The molecule has 0 N–H and O–H groups in total. The Morgan fingerprint density at radius 1 is 0.236 bits per heavy atom. The minimum atomic E-state index is 0.842. The Kier molecular flexibility index (Phi) is 9.82. The van der Waals surface area contributed by atoms with Gasteiger partial charge in [0.25, 0.3) is 0 Å². The maximum Gasteiger partial charge on any atom is 0.137 e. The van der Waals surface area contributed by atoms with Crippen molar-refractivity contribution in [1.29, 1.82) is 0 Å². The number of furan rings is 2. The zero-order valence-electron chi connectivity index (χ0n) is 39.1. The van der Waals surface area contributed by atoms with Gasteiger partial charge < -0.3 is 18.6 Å². The van der Waals surface area contributed by atoms with Crippen molar-refractivity contribution < 1.29 is 8.83 Å². The molecule has 338 valence electrons. The van der Waals surface area contributed by atoms with Crippen molar-refractivity contribution in [2.75, 3.05) is 9.80 Å². The van der Waals surface area contributed by atoms with Gasteiger partial charge in [-0.3, -0.25) is 0 Å². The van der Waals surface area contributed by atoms with Crippen LogP contribution in [0.25, 0.3) is 98.8 Å². The minimum absolute atomic E-state index is 0.842. The lowest BCUT2D eigenvalue weighted by molar-refractivity contribution is 0.668. The Morgan fingerprint density at radius 2 is 0.722 bits per heavy atom. The number of hydrogen-bond acceptors (Lipinski definition) is 4. The van der Waals surface area contributed by atoms with Crippen molar-refractivity contribution in [2.45, 2.75) is 0 Å². The van der Waals surface area contributed by atoms with Crippen molar-refractivity contribution in [3.8, 4) is 33.4 Å². The molecule has 0 spiro atoms. The number of fused-ring (bicyclic) bond motifs is 8. The average Bonchev–Trinajstić information content (AvgIpc) is 4.03. The van der Waals surface area contributed by atoms with Gasteiger partial charge in [0, 0.05) is 33.4 Å². The van der Waals surface area contributed by atoms with E-state index in [2.05, 4.69) is 265 Å². The highest BCUT2D eigenvalue weighted by Gasteiger charge is 2.24. The van der Waals surface area contributed by atoms with Crippen molar-refractivity contribution in [3.05, 3.63) is 267 Å². The first-order valence-electron chi connectivity index (χ1n) is 24.5. The smallest absolute Gasteiger partial charge is 0.137 e. The van der Waals surface area contributed by atoms with Gasteiger partial charge in [0.1, 0.15) is 22.3 Å². The standard InChI is InChI=1S/C68H44N2O2/c1-2-17-49-43-50(34-33-45(49)15-1)46-35-39-53(40-36-46)70(62-28-14-32-66-68(62)59-24-7-10-30-64(59)72-66)60-26-8-5-22-57(60)51-19-11-20-54(44-51)69(61-27-13-31-65-67(61)58-23-6-9-29-63(58)71-65)52-41-37-48(38-42-52)56-25-12-18-47-16-3-4-21-55(47)56/h1-44H. The summed E-state index contributed by atoms with van der Waals surface area (Å²) in [5, 5.41) is 9.19. The molecule has 0 saturated heterocycles. The van der Waals surface area contributed by atoms with Gasteiger partial charge in [0.2, 0.25) is 0 Å². The molecule has 0 fully saturated rings. The zero-order valence-corrected chi connectivity index (χ0v) is 39.1. The van der Waals surface area contributed by atoms with Crippen LogP contribution < -0.4 is 9.80 Å². The SMILES string of the molecule is c1cc(-c2ccccc2N(c2ccc(-c3ccc4ccccc4c3)cc2)c2cccc3oc4ccccc4c23)cc(N(c2ccc(-c3cccc4ccccc34)cc2)c2cccc3oc4ccccc4c23)c1. The van der Waals surface area contributed by atoms with E-state index >= 15 is 0 Å². The third kappa shape index (κ3) is 7.00. The van der Waals surface area contributed by atoms with Crippen LogP contribution in [0.5, 0.6) is 0 Å². The van der Waals surface area contributed by atoms with Crippen LogP contribution >= 0.6 is 0 Å². The summed E-state index contributed by atoms with van der Waals surface area (Å²) in [6.07, 6.45) is 0. The third-order valence-corrected chi connectivity index (χ3v) is 14.2. The van der Waals surface area contributed by atoms with E-state index in [-0.39, 0.29) is 0 Å². The summed E-state index contributed by atoms with van der Waals surface area (Å²) in [6.45, 7) is 0. The van der Waals surface area contributed by atoms with E-state index in [9.17, 15) is 0 Å². The maximum atomic E-state index is 6.53. The van der Waals surface area contributed by atoms with Gasteiger partial charge >= 0.3 is 0 Å². The number of benzene rings is 12. The van der Waals surface area contributed by atoms with E-state index in [1.54, 1.807) is 0 Å². The lowest BCUT2D eigenvalue weighted by Crippen LogP contribution is -2.12. The molecular weight excluding hydrogens is 877 g/mol. The highest BCUT2D eigenvalue weighted by molar-refractivity contribution is 6.15. The van der Waals surface area contributed by atoms with Crippen LogP contribution in [-0.2, 0) is 0 Å². The van der Waals surface area contributed by atoms with Crippen molar-refractivity contribution >= 4 is 99.5 Å². The number of anilines is 6. The number of hydrogen-bond donors (Lipinski definition) is 0. The number of para-hydroxylation sites is 3. The first kappa shape index (κ1) is 41.3. The van der Waals surface area contributed by atoms with Gasteiger partial charge in [-0.1, -0.05) is 182 Å². The fraction of sp³-hybridized carbons (Fsp3) is 0. The molecule has 14 rings (SSSR count). The lowest BCUT2D eigenvalue weighted by Gasteiger charge is -2.29. The molecule has 0 atom stereocenters. The molecule has 0 radical (unpaired) electrons. The summed E-state index contributed by atoms with van der Waals surface area (Å²) < 4.78 is 13.0. The third-order valence-electron chi connectivity index (χ3n) is 14.2. The molecule has 72 heavy (non-hydrogen) atoms. The molecule has 0 amide bonds. The van der Waals surface area contributed by atoms with Crippen LogP contribution in [0.4, 0.5) is 34.1 Å². The van der Waals surface area contributed by atoms with Crippen LogP contribution in [-0.4, -0.2) is 0 Å². The van der Waals surface area contributed by atoms with Crippen LogP contribution in [0.15, 0.2) is 276 Å². The molecule has 0 saturated carbocycles. The summed E-state index contributed by atoms with van der Waals surface area (Å²) >= 11 is 0. The maximum absolute atomic E-state index is 6.53. The van der Waals surface area contributed by atoms with Crippen LogP contribution in [0.3, 0.4) is 0 Å². The molecular formula is C68H44N2O2. The first-order valence-corrected chi connectivity index (χ1v) is 24.5. The van der Waals surface area contributed by atoms with Gasteiger partial charge in [0.05, 0.1) is 27.8 Å². The fourth-order valence-corrected chi connectivity index (χ4v) is 10.9. The molecule has 14 aromatic rings. The number of rotatable bonds is 9. The molecule has 2 aromatic heterocycles. The van der Waals surface area contributed by atoms with Gasteiger partial charge in [-0.05, 0) is 134 Å². The predicted molar refractivity (Wildman–Crippen MR) is 302 cm³/mol. The topological polar surface area (TPSA) is 32.8 Å². The quantitative estimate of drug-likeness (QED) is 0.144. The summed E-state index contributed by atoms with van der Waals surface area (Å²) in [5.41, 5.74) is 16.5. The van der Waals surface area contributed by atoms with Gasteiger partial charge in [-0.15, -0.1) is 0 Å². The van der Waals surface area contributed by atoms with E-state index in [0.717, 1.165) is 100 Å². The van der Waals surface area contributed by atoms with Crippen LogP contribution in [0.2, 0.25) is 0 Å². The van der Waals surface area contributed by atoms with Crippen molar-refractivity contribution in [1.82, 2.24) is 0 Å². The Balaban J connectivity index is 0.940. The lowest BCUT2D eigenvalue weighted by atomic mass is 9.97. The molecule has 4 heteroatoms. The Morgan fingerprint density at radius 3 is 1.44 bits per heavy atom. The second kappa shape index (κ2) is 17.1. The van der Waals surface area contributed by atoms with E-state index in [0.29, 0.717) is 0 Å². The summed E-state index contributed by atoms with van der Waals surface area (Å²) in [5.74, 6) is 0. The molecule has 12 aromatic carbocycles.